The van der Waals surface area contributed by atoms with E-state index in [0.29, 0.717) is 11.8 Å². The lowest BCUT2D eigenvalue weighted by Crippen LogP contribution is -2.32. The van der Waals surface area contributed by atoms with Crippen LogP contribution in [-0.4, -0.2) is 17.0 Å². The van der Waals surface area contributed by atoms with Crippen LogP contribution in [0.3, 0.4) is 0 Å². The van der Waals surface area contributed by atoms with Gasteiger partial charge in [0.05, 0.1) is 5.92 Å². The second-order valence-corrected chi connectivity index (χ2v) is 7.74. The Balaban J connectivity index is 0.000000220. The summed E-state index contributed by atoms with van der Waals surface area (Å²) in [5, 5.41) is 8.79. The highest BCUT2D eigenvalue weighted by molar-refractivity contribution is 5.77. The van der Waals surface area contributed by atoms with Gasteiger partial charge in [0.2, 0.25) is 5.91 Å². The molecule has 3 N–H and O–H groups in total. The average Bonchev–Trinajstić information content (AvgIpc) is 2.38. The Morgan fingerprint density at radius 3 is 1.55 bits per heavy atom. The molecule has 4 heteroatoms. The number of amides is 1. The van der Waals surface area contributed by atoms with Gasteiger partial charge in [-0.1, -0.05) is 27.7 Å². The summed E-state index contributed by atoms with van der Waals surface area (Å²) in [6.45, 7) is 8.63. The molecule has 2 saturated carbocycles. The summed E-state index contributed by atoms with van der Waals surface area (Å²) in [6, 6.07) is 0. The fourth-order valence-electron chi connectivity index (χ4n) is 4.12. The van der Waals surface area contributed by atoms with Crippen LogP contribution in [0.4, 0.5) is 0 Å². The third-order valence-corrected chi connectivity index (χ3v) is 5.55. The molecule has 2 aliphatic rings. The van der Waals surface area contributed by atoms with Crippen molar-refractivity contribution in [2.24, 2.45) is 41.2 Å². The average molecular weight is 311 g/mol. The minimum absolute atomic E-state index is 0.0776. The molecule has 0 aromatic carbocycles. The topological polar surface area (TPSA) is 80.4 Å². The molecule has 22 heavy (non-hydrogen) atoms. The van der Waals surface area contributed by atoms with Crippen LogP contribution in [0.25, 0.3) is 0 Å². The molecule has 0 bridgehead atoms. The number of hydrogen-bond acceptors (Lipinski definition) is 2. The number of nitrogens with two attached hydrogens (primary N) is 1. The van der Waals surface area contributed by atoms with E-state index in [9.17, 15) is 9.59 Å². The lowest BCUT2D eigenvalue weighted by Gasteiger charge is -2.30. The van der Waals surface area contributed by atoms with Gasteiger partial charge in [-0.25, -0.2) is 0 Å². The van der Waals surface area contributed by atoms with Crippen LogP contribution in [-0.2, 0) is 9.59 Å². The number of carbonyl (C=O) groups excluding carboxylic acids is 1. The minimum atomic E-state index is -0.607. The second kappa shape index (κ2) is 8.54. The maximum Gasteiger partial charge on any atom is 0.306 e. The van der Waals surface area contributed by atoms with E-state index in [0.717, 1.165) is 50.4 Å². The van der Waals surface area contributed by atoms with Gasteiger partial charge in [-0.05, 0) is 62.2 Å². The molecule has 6 unspecified atom stereocenters. The van der Waals surface area contributed by atoms with Crippen molar-refractivity contribution in [1.29, 1.82) is 0 Å². The molecule has 0 radical (unpaired) electrons. The molecule has 0 heterocycles. The lowest BCUT2D eigenvalue weighted by molar-refractivity contribution is -0.145. The minimum Gasteiger partial charge on any atom is -0.481 e. The first kappa shape index (κ1) is 19.0. The van der Waals surface area contributed by atoms with Gasteiger partial charge < -0.3 is 10.8 Å². The number of carbonyl (C=O) groups is 2. The third kappa shape index (κ3) is 5.62. The molecule has 2 rings (SSSR count). The van der Waals surface area contributed by atoms with E-state index >= 15 is 0 Å². The van der Waals surface area contributed by atoms with E-state index in [-0.39, 0.29) is 17.7 Å². The van der Waals surface area contributed by atoms with Crippen LogP contribution in [0, 0.1) is 35.5 Å². The van der Waals surface area contributed by atoms with Crippen molar-refractivity contribution in [3.05, 3.63) is 0 Å². The molecular weight excluding hydrogens is 278 g/mol. The molecule has 6 atom stereocenters. The summed E-state index contributed by atoms with van der Waals surface area (Å²) < 4.78 is 0. The molecule has 0 aliphatic heterocycles. The standard InChI is InChI=1S/C9H17NO.C9H16O2/c2*1-6-3-4-8(9(10)11)7(2)5-6/h6-8H,3-5H2,1-2H3,(H2,10,11);6-8H,3-5H2,1-2H3,(H,10,11). The van der Waals surface area contributed by atoms with Gasteiger partial charge in [-0.3, -0.25) is 9.59 Å². The largest absolute Gasteiger partial charge is 0.481 e. The second-order valence-electron chi connectivity index (χ2n) is 7.74. The summed E-state index contributed by atoms with van der Waals surface area (Å²) in [6.07, 6.45) is 6.36. The molecule has 0 aromatic rings. The molecule has 2 fully saturated rings. The molecule has 128 valence electrons. The monoisotopic (exact) mass is 311 g/mol. The van der Waals surface area contributed by atoms with Gasteiger partial charge in [0.1, 0.15) is 0 Å². The van der Waals surface area contributed by atoms with Crippen molar-refractivity contribution < 1.29 is 14.7 Å². The van der Waals surface area contributed by atoms with Crippen molar-refractivity contribution in [2.45, 2.75) is 66.2 Å². The molecule has 4 nitrogen and oxygen atoms in total. The van der Waals surface area contributed by atoms with E-state index in [2.05, 4.69) is 27.7 Å². The maximum absolute atomic E-state index is 10.9. The van der Waals surface area contributed by atoms with Gasteiger partial charge in [-0.2, -0.15) is 0 Å². The van der Waals surface area contributed by atoms with Crippen LogP contribution >= 0.6 is 0 Å². The highest BCUT2D eigenvalue weighted by Gasteiger charge is 2.30. The Morgan fingerprint density at radius 2 is 1.23 bits per heavy atom. The normalized spacial score (nSPS) is 38.5. The summed E-state index contributed by atoms with van der Waals surface area (Å²) in [5.41, 5.74) is 5.26. The number of carboxylic acid groups (broad SMARTS) is 1. The number of primary amides is 1. The summed E-state index contributed by atoms with van der Waals surface area (Å²) in [5.74, 6) is 1.72. The summed E-state index contributed by atoms with van der Waals surface area (Å²) in [7, 11) is 0. The molecule has 0 aromatic heterocycles. The Bertz CT molecular complexity index is 347. The maximum atomic E-state index is 10.9. The van der Waals surface area contributed by atoms with Crippen molar-refractivity contribution in [3.8, 4) is 0 Å². The molecule has 0 spiro atoms. The van der Waals surface area contributed by atoms with Gasteiger partial charge in [0, 0.05) is 5.92 Å². The van der Waals surface area contributed by atoms with Gasteiger partial charge in [-0.15, -0.1) is 0 Å². The van der Waals surface area contributed by atoms with Crippen LogP contribution in [0.5, 0.6) is 0 Å². The predicted molar refractivity (Wildman–Crippen MR) is 88.2 cm³/mol. The first-order valence-corrected chi connectivity index (χ1v) is 8.74. The highest BCUT2D eigenvalue weighted by Crippen LogP contribution is 2.33. The van der Waals surface area contributed by atoms with Gasteiger partial charge >= 0.3 is 5.97 Å². The molecular formula is C18H33NO3. The molecule has 1 amide bonds. The summed E-state index contributed by atoms with van der Waals surface area (Å²) >= 11 is 0. The Hall–Kier alpha value is -1.06. The first-order chi connectivity index (χ1) is 10.2. The van der Waals surface area contributed by atoms with Crippen LogP contribution in [0.2, 0.25) is 0 Å². The van der Waals surface area contributed by atoms with E-state index < -0.39 is 5.97 Å². The van der Waals surface area contributed by atoms with Crippen molar-refractivity contribution in [3.63, 3.8) is 0 Å². The zero-order valence-corrected chi connectivity index (χ0v) is 14.5. The fraction of sp³-hybridized carbons (Fsp3) is 0.889. The molecule has 2 aliphatic carbocycles. The highest BCUT2D eigenvalue weighted by atomic mass is 16.4. The Kier molecular flexibility index (Phi) is 7.37. The smallest absolute Gasteiger partial charge is 0.306 e. The van der Waals surface area contributed by atoms with Crippen molar-refractivity contribution in [2.75, 3.05) is 0 Å². The number of hydrogen-bond donors (Lipinski definition) is 2. The van der Waals surface area contributed by atoms with E-state index in [1.807, 2.05) is 0 Å². The zero-order chi connectivity index (χ0) is 16.9. The van der Waals surface area contributed by atoms with Crippen molar-refractivity contribution in [1.82, 2.24) is 0 Å². The first-order valence-electron chi connectivity index (χ1n) is 8.74. The lowest BCUT2D eigenvalue weighted by atomic mass is 9.75. The van der Waals surface area contributed by atoms with E-state index in [4.69, 9.17) is 10.8 Å². The Labute approximate surface area is 134 Å². The number of carboxylic acids is 1. The van der Waals surface area contributed by atoms with Gasteiger partial charge in [0.15, 0.2) is 0 Å². The van der Waals surface area contributed by atoms with E-state index in [1.165, 1.54) is 0 Å². The zero-order valence-electron chi connectivity index (χ0n) is 14.5. The SMILES string of the molecule is CC1CCC(C(=O)O)C(C)C1.CC1CCC(C(N)=O)C(C)C1. The van der Waals surface area contributed by atoms with Crippen LogP contribution < -0.4 is 5.73 Å². The number of rotatable bonds is 2. The van der Waals surface area contributed by atoms with Crippen molar-refractivity contribution >= 4 is 11.9 Å². The molecule has 0 saturated heterocycles. The quantitative estimate of drug-likeness (QED) is 0.816. The van der Waals surface area contributed by atoms with Crippen LogP contribution in [0.15, 0.2) is 0 Å². The van der Waals surface area contributed by atoms with Gasteiger partial charge in [0.25, 0.3) is 0 Å². The predicted octanol–water partition coefficient (Wildman–Crippen LogP) is 3.69. The van der Waals surface area contributed by atoms with Crippen LogP contribution in [0.1, 0.15) is 66.2 Å². The third-order valence-electron chi connectivity index (χ3n) is 5.55. The summed E-state index contributed by atoms with van der Waals surface area (Å²) in [4.78, 5) is 21.6. The van der Waals surface area contributed by atoms with E-state index in [1.54, 1.807) is 0 Å². The fourth-order valence-corrected chi connectivity index (χ4v) is 4.12. The number of aliphatic carboxylic acids is 1. The Morgan fingerprint density at radius 1 is 0.818 bits per heavy atom.